The van der Waals surface area contributed by atoms with Crippen molar-refractivity contribution in [3.63, 3.8) is 0 Å². The lowest BCUT2D eigenvalue weighted by Gasteiger charge is -2.32. The van der Waals surface area contributed by atoms with E-state index in [1.165, 1.54) is 0 Å². The fraction of sp³-hybridized carbons (Fsp3) is 0.375. The fourth-order valence-electron chi connectivity index (χ4n) is 4.12. The van der Waals surface area contributed by atoms with E-state index in [1.807, 2.05) is 80.6 Å². The number of benzene rings is 3. The Morgan fingerprint density at radius 2 is 1.67 bits per heavy atom. The summed E-state index contributed by atoms with van der Waals surface area (Å²) < 4.78 is 6.77. The third-order valence-corrected chi connectivity index (χ3v) is 7.20. The van der Waals surface area contributed by atoms with Crippen molar-refractivity contribution in [1.82, 2.24) is 10.2 Å². The van der Waals surface area contributed by atoms with Crippen molar-refractivity contribution in [3.8, 4) is 5.75 Å². The van der Waals surface area contributed by atoms with Gasteiger partial charge in [-0.2, -0.15) is 0 Å². The van der Waals surface area contributed by atoms with E-state index >= 15 is 0 Å². The molecule has 208 valence electrons. The van der Waals surface area contributed by atoms with Crippen LogP contribution in [0.25, 0.3) is 0 Å². The van der Waals surface area contributed by atoms with Gasteiger partial charge in [-0.25, -0.2) is 0 Å². The van der Waals surface area contributed by atoms with Crippen LogP contribution in [0, 0.1) is 5.92 Å². The van der Waals surface area contributed by atoms with Crippen molar-refractivity contribution >= 4 is 39.3 Å². The molecule has 0 aliphatic carbocycles. The van der Waals surface area contributed by atoms with Gasteiger partial charge < -0.3 is 15.0 Å². The van der Waals surface area contributed by atoms with Crippen LogP contribution in [0.5, 0.6) is 5.75 Å². The molecule has 0 unspecified atom stereocenters. The third kappa shape index (κ3) is 9.40. The number of ether oxygens (including phenoxy) is 1. The van der Waals surface area contributed by atoms with E-state index in [0.29, 0.717) is 23.7 Å². The van der Waals surface area contributed by atoms with Crippen molar-refractivity contribution < 1.29 is 14.3 Å². The zero-order valence-corrected chi connectivity index (χ0v) is 25.7. The van der Waals surface area contributed by atoms with Crippen LogP contribution >= 0.6 is 27.5 Å². The second-order valence-corrected chi connectivity index (χ2v) is 12.5. The molecule has 0 heterocycles. The number of amides is 2. The predicted octanol–water partition coefficient (Wildman–Crippen LogP) is 7.19. The monoisotopic (exact) mass is 612 g/mol. The fourth-order valence-corrected chi connectivity index (χ4v) is 4.82. The quantitative estimate of drug-likeness (QED) is 0.249. The molecule has 0 radical (unpaired) electrons. The molecule has 1 atom stereocenters. The SMILES string of the molecule is CC(C)CNC(=O)[C@H](Cc1ccccc1)N(Cc1cccc(Cl)c1)C(=O)COc1ccc(C(C)(C)C)cc1Br. The maximum atomic E-state index is 13.8. The number of halogens is 2. The Hall–Kier alpha value is -2.83. The van der Waals surface area contributed by atoms with Crippen molar-refractivity contribution in [2.45, 2.75) is 59.0 Å². The summed E-state index contributed by atoms with van der Waals surface area (Å²) in [5, 5.41) is 3.60. The first-order valence-electron chi connectivity index (χ1n) is 13.2. The highest BCUT2D eigenvalue weighted by atomic mass is 79.9. The molecule has 0 bridgehead atoms. The van der Waals surface area contributed by atoms with Crippen molar-refractivity contribution in [1.29, 1.82) is 0 Å². The van der Waals surface area contributed by atoms with Crippen LogP contribution in [-0.2, 0) is 28.0 Å². The van der Waals surface area contributed by atoms with E-state index in [2.05, 4.69) is 42.0 Å². The Balaban J connectivity index is 1.90. The molecule has 0 aromatic heterocycles. The smallest absolute Gasteiger partial charge is 0.261 e. The molecule has 0 saturated heterocycles. The largest absolute Gasteiger partial charge is 0.483 e. The zero-order chi connectivity index (χ0) is 28.6. The van der Waals surface area contributed by atoms with Crippen LogP contribution in [-0.4, -0.2) is 35.9 Å². The molecule has 0 fully saturated rings. The van der Waals surface area contributed by atoms with Gasteiger partial charge in [0, 0.05) is 24.5 Å². The molecule has 7 heteroatoms. The van der Waals surface area contributed by atoms with Crippen LogP contribution in [0.1, 0.15) is 51.3 Å². The summed E-state index contributed by atoms with van der Waals surface area (Å²) in [6.07, 6.45) is 0.376. The van der Waals surface area contributed by atoms with Gasteiger partial charge in [0.1, 0.15) is 11.8 Å². The van der Waals surface area contributed by atoms with Crippen molar-refractivity contribution in [2.75, 3.05) is 13.2 Å². The number of rotatable bonds is 11. The van der Waals surface area contributed by atoms with E-state index in [4.69, 9.17) is 16.3 Å². The van der Waals surface area contributed by atoms with Gasteiger partial charge in [-0.05, 0) is 68.2 Å². The molecule has 1 N–H and O–H groups in total. The number of carbonyl (C=O) groups is 2. The molecule has 3 aromatic rings. The minimum absolute atomic E-state index is 0.0152. The summed E-state index contributed by atoms with van der Waals surface area (Å²) in [5.74, 6) is 0.365. The summed E-state index contributed by atoms with van der Waals surface area (Å²) in [5.41, 5.74) is 2.94. The zero-order valence-electron chi connectivity index (χ0n) is 23.3. The average Bonchev–Trinajstić information content (AvgIpc) is 2.88. The summed E-state index contributed by atoms with van der Waals surface area (Å²) in [4.78, 5) is 28.9. The van der Waals surface area contributed by atoms with Crippen LogP contribution in [0.2, 0.25) is 5.02 Å². The lowest BCUT2D eigenvalue weighted by Crippen LogP contribution is -2.52. The summed E-state index contributed by atoms with van der Waals surface area (Å²) in [6.45, 7) is 11.0. The van der Waals surface area contributed by atoms with Gasteiger partial charge >= 0.3 is 0 Å². The standard InChI is InChI=1S/C32H38BrClN2O3/c1-22(2)19-35-31(38)28(17-23-10-7-6-8-11-23)36(20-24-12-9-13-26(34)16-24)30(37)21-39-29-15-14-25(18-27(29)33)32(3,4)5/h6-16,18,22,28H,17,19-21H2,1-5H3,(H,35,38)/t28-/m0/s1. The van der Waals surface area contributed by atoms with E-state index in [-0.39, 0.29) is 36.3 Å². The lowest BCUT2D eigenvalue weighted by atomic mass is 9.87. The van der Waals surface area contributed by atoms with E-state index in [1.54, 1.807) is 11.0 Å². The Labute approximate surface area is 246 Å². The second-order valence-electron chi connectivity index (χ2n) is 11.2. The van der Waals surface area contributed by atoms with Crippen LogP contribution in [0.4, 0.5) is 0 Å². The first-order valence-corrected chi connectivity index (χ1v) is 14.4. The number of carbonyl (C=O) groups excluding carboxylic acids is 2. The molecule has 5 nitrogen and oxygen atoms in total. The Bertz CT molecular complexity index is 1260. The van der Waals surface area contributed by atoms with Crippen LogP contribution in [0.15, 0.2) is 77.3 Å². The van der Waals surface area contributed by atoms with Gasteiger partial charge in [-0.1, -0.05) is 94.8 Å². The number of hydrogen-bond donors (Lipinski definition) is 1. The molecule has 3 aromatic carbocycles. The number of hydrogen-bond acceptors (Lipinski definition) is 3. The average molecular weight is 614 g/mol. The highest BCUT2D eigenvalue weighted by molar-refractivity contribution is 9.10. The van der Waals surface area contributed by atoms with E-state index < -0.39 is 6.04 Å². The van der Waals surface area contributed by atoms with Crippen LogP contribution in [0.3, 0.4) is 0 Å². The van der Waals surface area contributed by atoms with Crippen molar-refractivity contribution in [2.24, 2.45) is 5.92 Å². The molecule has 39 heavy (non-hydrogen) atoms. The van der Waals surface area contributed by atoms with E-state index in [0.717, 1.165) is 21.2 Å². The van der Waals surface area contributed by atoms with Crippen molar-refractivity contribution in [3.05, 3.63) is 99.0 Å². The first-order chi connectivity index (χ1) is 18.4. The van der Waals surface area contributed by atoms with Gasteiger partial charge in [0.05, 0.1) is 4.47 Å². The topological polar surface area (TPSA) is 58.6 Å². The molecule has 2 amide bonds. The summed E-state index contributed by atoms with van der Waals surface area (Å²) in [6, 6.07) is 22.2. The number of nitrogens with one attached hydrogen (secondary N) is 1. The second kappa shape index (κ2) is 14.0. The Kier molecular flexibility index (Phi) is 11.0. The van der Waals surface area contributed by atoms with Gasteiger partial charge in [0.15, 0.2) is 6.61 Å². The number of nitrogens with zero attached hydrogens (tertiary/aromatic N) is 1. The molecule has 0 aliphatic rings. The normalized spacial score (nSPS) is 12.2. The molecule has 0 saturated carbocycles. The minimum Gasteiger partial charge on any atom is -0.483 e. The molecule has 0 spiro atoms. The highest BCUT2D eigenvalue weighted by Crippen LogP contribution is 2.31. The maximum absolute atomic E-state index is 13.8. The van der Waals surface area contributed by atoms with Gasteiger partial charge in [-0.15, -0.1) is 0 Å². The minimum atomic E-state index is -0.729. The first kappa shape index (κ1) is 30.7. The molecular weight excluding hydrogens is 576 g/mol. The van der Waals surface area contributed by atoms with Crippen LogP contribution < -0.4 is 10.1 Å². The molecular formula is C32H38BrClN2O3. The van der Waals surface area contributed by atoms with E-state index in [9.17, 15) is 9.59 Å². The molecule has 3 rings (SSSR count). The van der Waals surface area contributed by atoms with Gasteiger partial charge in [0.2, 0.25) is 5.91 Å². The van der Waals surface area contributed by atoms with Gasteiger partial charge in [-0.3, -0.25) is 9.59 Å². The Morgan fingerprint density at radius 3 is 2.28 bits per heavy atom. The summed E-state index contributed by atoms with van der Waals surface area (Å²) in [7, 11) is 0. The summed E-state index contributed by atoms with van der Waals surface area (Å²) >= 11 is 9.85. The highest BCUT2D eigenvalue weighted by Gasteiger charge is 2.31. The lowest BCUT2D eigenvalue weighted by molar-refractivity contribution is -0.142. The van der Waals surface area contributed by atoms with Gasteiger partial charge in [0.25, 0.3) is 5.91 Å². The maximum Gasteiger partial charge on any atom is 0.261 e. The predicted molar refractivity (Wildman–Crippen MR) is 162 cm³/mol. The third-order valence-electron chi connectivity index (χ3n) is 6.35. The Morgan fingerprint density at radius 1 is 0.974 bits per heavy atom. The molecule has 0 aliphatic heterocycles.